The molecule has 2 aromatic carbocycles. The Balaban J connectivity index is 1.97. The Morgan fingerprint density at radius 3 is 2.33 bits per heavy atom. The van der Waals surface area contributed by atoms with Crippen LogP contribution in [0, 0.1) is 0 Å². The van der Waals surface area contributed by atoms with Gasteiger partial charge in [-0.05, 0) is 35.9 Å². The van der Waals surface area contributed by atoms with Gasteiger partial charge in [-0.25, -0.2) is 0 Å². The molecule has 0 aliphatic heterocycles. The number of aliphatic hydroxyl groups is 1. The number of carbonyl (C=O) groups is 1. The summed E-state index contributed by atoms with van der Waals surface area (Å²) in [6.45, 7) is -0.178. The van der Waals surface area contributed by atoms with Gasteiger partial charge in [0.05, 0.1) is 11.7 Å². The number of carbonyl (C=O) groups excluding carboxylic acids is 1. The van der Waals surface area contributed by atoms with Crippen molar-refractivity contribution in [3.05, 3.63) is 65.2 Å². The molecule has 1 atom stereocenters. The summed E-state index contributed by atoms with van der Waals surface area (Å²) in [5, 5.41) is 9.93. The number of hydrogen-bond donors (Lipinski definition) is 2. The summed E-state index contributed by atoms with van der Waals surface area (Å²) in [5.74, 6) is -0.200. The maximum Gasteiger partial charge on any atom is 0.416 e. The van der Waals surface area contributed by atoms with Crippen LogP contribution < -0.4 is 10.5 Å². The Morgan fingerprint density at radius 2 is 1.75 bits per heavy atom. The largest absolute Gasteiger partial charge is 0.491 e. The molecule has 0 aromatic heterocycles. The molecule has 0 spiro atoms. The Bertz CT molecular complexity index is 699. The number of nitrogens with two attached hydrogens (primary N) is 1. The molecule has 2 aromatic rings. The fourth-order valence-corrected chi connectivity index (χ4v) is 2.20. The maximum atomic E-state index is 12.9. The first kappa shape index (κ1) is 17.8. The van der Waals surface area contributed by atoms with Crippen LogP contribution in [-0.2, 0) is 12.6 Å². The number of alkyl halides is 3. The van der Waals surface area contributed by atoms with E-state index >= 15 is 0 Å². The number of amides is 1. The van der Waals surface area contributed by atoms with Crippen molar-refractivity contribution >= 4 is 5.91 Å². The molecule has 1 amide bonds. The molecule has 3 N–H and O–H groups in total. The fourth-order valence-electron chi connectivity index (χ4n) is 2.20. The highest BCUT2D eigenvalue weighted by Crippen LogP contribution is 2.32. The second-order valence-corrected chi connectivity index (χ2v) is 5.21. The van der Waals surface area contributed by atoms with Crippen molar-refractivity contribution in [2.75, 3.05) is 6.61 Å². The summed E-state index contributed by atoms with van der Waals surface area (Å²) < 4.78 is 44.0. The van der Waals surface area contributed by atoms with Crippen LogP contribution in [0.5, 0.6) is 5.75 Å². The van der Waals surface area contributed by atoms with Gasteiger partial charge in [0, 0.05) is 12.0 Å². The highest BCUT2D eigenvalue weighted by molar-refractivity contribution is 5.92. The maximum absolute atomic E-state index is 12.9. The van der Waals surface area contributed by atoms with E-state index in [1.54, 1.807) is 0 Å². The van der Waals surface area contributed by atoms with Crippen LogP contribution in [0.25, 0.3) is 0 Å². The third kappa shape index (κ3) is 4.73. The molecule has 0 aliphatic carbocycles. The number of aliphatic hydroxyl groups excluding tert-OH is 1. The van der Waals surface area contributed by atoms with Gasteiger partial charge in [0.2, 0.25) is 5.91 Å². The van der Waals surface area contributed by atoms with Gasteiger partial charge in [0.1, 0.15) is 12.4 Å². The molecule has 24 heavy (non-hydrogen) atoms. The van der Waals surface area contributed by atoms with Crippen LogP contribution in [-0.4, -0.2) is 23.7 Å². The standard InChI is InChI=1S/C17H16F3NO3/c18-17(19,20)15-4-2-1-3-12(15)9-13(22)10-24-14-7-5-11(6-8-14)16(21)23/h1-8,13,22H,9-10H2,(H2,21,23). The van der Waals surface area contributed by atoms with E-state index in [4.69, 9.17) is 10.5 Å². The summed E-state index contributed by atoms with van der Waals surface area (Å²) in [4.78, 5) is 10.9. The minimum Gasteiger partial charge on any atom is -0.491 e. The van der Waals surface area contributed by atoms with Crippen molar-refractivity contribution < 1.29 is 27.8 Å². The predicted octanol–water partition coefficient (Wildman–Crippen LogP) is 2.79. The molecule has 0 bridgehead atoms. The van der Waals surface area contributed by atoms with Crippen LogP contribution in [0.2, 0.25) is 0 Å². The molecule has 1 unspecified atom stereocenters. The molecule has 4 nitrogen and oxygen atoms in total. The molecule has 7 heteroatoms. The van der Waals surface area contributed by atoms with Gasteiger partial charge >= 0.3 is 6.18 Å². The molecule has 0 radical (unpaired) electrons. The Hall–Kier alpha value is -2.54. The van der Waals surface area contributed by atoms with Gasteiger partial charge in [-0.3, -0.25) is 4.79 Å². The summed E-state index contributed by atoms with van der Waals surface area (Å²) in [5.41, 5.74) is 4.65. The van der Waals surface area contributed by atoms with Crippen molar-refractivity contribution in [1.82, 2.24) is 0 Å². The first-order valence-corrected chi connectivity index (χ1v) is 7.13. The lowest BCUT2D eigenvalue weighted by atomic mass is 10.0. The molecule has 0 saturated carbocycles. The Morgan fingerprint density at radius 1 is 1.12 bits per heavy atom. The van der Waals surface area contributed by atoms with E-state index in [1.807, 2.05) is 0 Å². The van der Waals surface area contributed by atoms with Crippen molar-refractivity contribution in [3.63, 3.8) is 0 Å². The molecule has 0 aliphatic rings. The van der Waals surface area contributed by atoms with Crippen LogP contribution in [0.1, 0.15) is 21.5 Å². The average Bonchev–Trinajstić information content (AvgIpc) is 2.53. The molecule has 0 fully saturated rings. The van der Waals surface area contributed by atoms with E-state index in [9.17, 15) is 23.1 Å². The Kier molecular flexibility index (Phi) is 5.46. The lowest BCUT2D eigenvalue weighted by Gasteiger charge is -2.16. The number of rotatable bonds is 6. The van der Waals surface area contributed by atoms with Crippen LogP contribution in [0.15, 0.2) is 48.5 Å². The number of primary amides is 1. The fraction of sp³-hybridized carbons (Fsp3) is 0.235. The second-order valence-electron chi connectivity index (χ2n) is 5.21. The molecule has 2 rings (SSSR count). The average molecular weight is 339 g/mol. The van der Waals surface area contributed by atoms with Gasteiger partial charge in [-0.2, -0.15) is 13.2 Å². The smallest absolute Gasteiger partial charge is 0.416 e. The molecule has 128 valence electrons. The number of halogens is 3. The lowest BCUT2D eigenvalue weighted by Crippen LogP contribution is -2.22. The minimum absolute atomic E-state index is 0.00479. The van der Waals surface area contributed by atoms with Crippen molar-refractivity contribution in [3.8, 4) is 5.75 Å². The molecular weight excluding hydrogens is 323 g/mol. The van der Waals surface area contributed by atoms with Gasteiger partial charge in [-0.15, -0.1) is 0 Å². The van der Waals surface area contributed by atoms with Crippen molar-refractivity contribution in [1.29, 1.82) is 0 Å². The lowest BCUT2D eigenvalue weighted by molar-refractivity contribution is -0.138. The quantitative estimate of drug-likeness (QED) is 0.850. The van der Waals surface area contributed by atoms with E-state index in [2.05, 4.69) is 0 Å². The van der Waals surface area contributed by atoms with E-state index < -0.39 is 23.8 Å². The molecule has 0 heterocycles. The van der Waals surface area contributed by atoms with Crippen molar-refractivity contribution in [2.24, 2.45) is 5.73 Å². The molecular formula is C17H16F3NO3. The van der Waals surface area contributed by atoms with Crippen LogP contribution in [0.3, 0.4) is 0 Å². The van der Waals surface area contributed by atoms with E-state index in [1.165, 1.54) is 42.5 Å². The van der Waals surface area contributed by atoms with Crippen LogP contribution in [0.4, 0.5) is 13.2 Å². The topological polar surface area (TPSA) is 72.6 Å². The number of hydrogen-bond acceptors (Lipinski definition) is 3. The van der Waals surface area contributed by atoms with Gasteiger partial charge < -0.3 is 15.6 Å². The third-order valence-corrected chi connectivity index (χ3v) is 3.36. The molecule has 0 saturated heterocycles. The third-order valence-electron chi connectivity index (χ3n) is 3.36. The highest BCUT2D eigenvalue weighted by Gasteiger charge is 2.33. The van der Waals surface area contributed by atoms with Gasteiger partial charge in [0.25, 0.3) is 0 Å². The summed E-state index contributed by atoms with van der Waals surface area (Å²) in [6, 6.07) is 11.0. The first-order valence-electron chi connectivity index (χ1n) is 7.13. The zero-order chi connectivity index (χ0) is 17.7. The van der Waals surface area contributed by atoms with Gasteiger partial charge in [0.15, 0.2) is 0 Å². The summed E-state index contributed by atoms with van der Waals surface area (Å²) >= 11 is 0. The van der Waals surface area contributed by atoms with E-state index in [0.717, 1.165) is 6.07 Å². The first-order chi connectivity index (χ1) is 11.3. The monoisotopic (exact) mass is 339 g/mol. The zero-order valence-corrected chi connectivity index (χ0v) is 12.6. The second kappa shape index (κ2) is 7.35. The highest BCUT2D eigenvalue weighted by atomic mass is 19.4. The van der Waals surface area contributed by atoms with E-state index in [0.29, 0.717) is 11.3 Å². The zero-order valence-electron chi connectivity index (χ0n) is 12.6. The van der Waals surface area contributed by atoms with Gasteiger partial charge in [-0.1, -0.05) is 18.2 Å². The number of benzene rings is 2. The summed E-state index contributed by atoms with van der Waals surface area (Å²) in [6.07, 6.45) is -5.76. The van der Waals surface area contributed by atoms with Crippen LogP contribution >= 0.6 is 0 Å². The summed E-state index contributed by atoms with van der Waals surface area (Å²) in [7, 11) is 0. The van der Waals surface area contributed by atoms with E-state index in [-0.39, 0.29) is 18.6 Å². The minimum atomic E-state index is -4.47. The normalized spacial score (nSPS) is 12.7. The predicted molar refractivity (Wildman–Crippen MR) is 81.6 cm³/mol. The van der Waals surface area contributed by atoms with Crippen molar-refractivity contribution in [2.45, 2.75) is 18.7 Å². The Labute approximate surface area is 136 Å². The number of ether oxygens (including phenoxy) is 1. The SMILES string of the molecule is NC(=O)c1ccc(OCC(O)Cc2ccccc2C(F)(F)F)cc1.